The van der Waals surface area contributed by atoms with Crippen LogP contribution >= 0.6 is 0 Å². The summed E-state index contributed by atoms with van der Waals surface area (Å²) in [6, 6.07) is 5.98. The van der Waals surface area contributed by atoms with E-state index in [1.54, 1.807) is 7.11 Å². The van der Waals surface area contributed by atoms with Crippen molar-refractivity contribution in [3.05, 3.63) is 35.2 Å². The van der Waals surface area contributed by atoms with Crippen LogP contribution in [0.15, 0.2) is 18.2 Å². The molecule has 0 unspecified atom stereocenters. The number of aryl methyl sites for hydroxylation is 2. The summed E-state index contributed by atoms with van der Waals surface area (Å²) in [5.74, 6) is 1.54. The smallest absolute Gasteiger partial charge is 0.161 e. The molecule has 0 saturated heterocycles. The fourth-order valence-electron chi connectivity index (χ4n) is 2.32. The first kappa shape index (κ1) is 15.2. The third-order valence-corrected chi connectivity index (χ3v) is 3.51. The molecule has 1 N–H and O–H groups in total. The van der Waals surface area contributed by atoms with Crippen LogP contribution in [0, 0.1) is 13.8 Å². The molecule has 0 amide bonds. The summed E-state index contributed by atoms with van der Waals surface area (Å²) < 4.78 is 12.8. The second-order valence-electron chi connectivity index (χ2n) is 4.94. The van der Waals surface area contributed by atoms with Gasteiger partial charge in [-0.25, -0.2) is 0 Å². The maximum atomic E-state index is 5.60. The molecular formula is C16H23N3O2. The second-order valence-corrected chi connectivity index (χ2v) is 4.94. The highest BCUT2D eigenvalue weighted by atomic mass is 16.5. The summed E-state index contributed by atoms with van der Waals surface area (Å²) >= 11 is 0. The number of aromatic nitrogens is 2. The first-order valence-electron chi connectivity index (χ1n) is 7.10. The number of benzene rings is 1. The third kappa shape index (κ3) is 3.29. The summed E-state index contributed by atoms with van der Waals surface area (Å²) in [7, 11) is 3.60. The van der Waals surface area contributed by atoms with Crippen molar-refractivity contribution in [2.24, 2.45) is 7.05 Å². The molecule has 114 valence electrons. The molecule has 0 aliphatic rings. The standard InChI is InChI=1S/C16H23N3O2/c1-6-21-15-9-13(7-8-14(15)20-5)10-17-16-11(2)18-19(4)12(16)3/h7-9,17H,6,10H2,1-5H3. The maximum Gasteiger partial charge on any atom is 0.161 e. The van der Waals surface area contributed by atoms with E-state index in [9.17, 15) is 0 Å². The number of nitrogens with zero attached hydrogens (tertiary/aromatic N) is 2. The zero-order chi connectivity index (χ0) is 15.4. The van der Waals surface area contributed by atoms with E-state index in [1.165, 1.54) is 0 Å². The molecule has 0 atom stereocenters. The van der Waals surface area contributed by atoms with Gasteiger partial charge in [-0.2, -0.15) is 5.10 Å². The van der Waals surface area contributed by atoms with E-state index in [0.717, 1.165) is 40.7 Å². The summed E-state index contributed by atoms with van der Waals surface area (Å²) in [6.45, 7) is 7.37. The number of methoxy groups -OCH3 is 1. The largest absolute Gasteiger partial charge is 0.493 e. The second kappa shape index (κ2) is 6.52. The van der Waals surface area contributed by atoms with E-state index in [-0.39, 0.29) is 0 Å². The Morgan fingerprint density at radius 2 is 2.00 bits per heavy atom. The van der Waals surface area contributed by atoms with Gasteiger partial charge in [-0.05, 0) is 38.5 Å². The van der Waals surface area contributed by atoms with Crippen LogP contribution in [0.25, 0.3) is 0 Å². The van der Waals surface area contributed by atoms with Gasteiger partial charge in [0.15, 0.2) is 11.5 Å². The first-order valence-corrected chi connectivity index (χ1v) is 7.10. The molecule has 1 aromatic carbocycles. The zero-order valence-corrected chi connectivity index (χ0v) is 13.4. The number of hydrogen-bond donors (Lipinski definition) is 1. The van der Waals surface area contributed by atoms with Crippen molar-refractivity contribution in [3.63, 3.8) is 0 Å². The van der Waals surface area contributed by atoms with Crippen LogP contribution in [0.1, 0.15) is 23.9 Å². The normalized spacial score (nSPS) is 10.5. The summed E-state index contributed by atoms with van der Waals surface area (Å²) in [5, 5.41) is 7.85. The maximum absolute atomic E-state index is 5.60. The van der Waals surface area contributed by atoms with E-state index in [2.05, 4.69) is 17.3 Å². The third-order valence-electron chi connectivity index (χ3n) is 3.51. The number of hydrogen-bond acceptors (Lipinski definition) is 4. The molecule has 0 saturated carbocycles. The minimum atomic E-state index is 0.619. The Morgan fingerprint density at radius 1 is 1.24 bits per heavy atom. The molecule has 0 aliphatic carbocycles. The molecule has 5 heteroatoms. The van der Waals surface area contributed by atoms with Crippen LogP contribution in [0.2, 0.25) is 0 Å². The number of nitrogens with one attached hydrogen (secondary N) is 1. The lowest BCUT2D eigenvalue weighted by Crippen LogP contribution is -2.03. The lowest BCUT2D eigenvalue weighted by atomic mass is 10.2. The van der Waals surface area contributed by atoms with Crippen molar-refractivity contribution in [2.75, 3.05) is 19.0 Å². The molecule has 1 heterocycles. The highest BCUT2D eigenvalue weighted by Gasteiger charge is 2.10. The fourth-order valence-corrected chi connectivity index (χ4v) is 2.32. The topological polar surface area (TPSA) is 48.3 Å². The number of rotatable bonds is 6. The predicted octanol–water partition coefficient (Wildman–Crippen LogP) is 3.06. The number of ether oxygens (including phenoxy) is 2. The highest BCUT2D eigenvalue weighted by Crippen LogP contribution is 2.28. The molecule has 0 radical (unpaired) electrons. The minimum absolute atomic E-state index is 0.619. The Labute approximate surface area is 125 Å². The van der Waals surface area contributed by atoms with Crippen LogP contribution in [-0.2, 0) is 13.6 Å². The van der Waals surface area contributed by atoms with Gasteiger partial charge in [0.05, 0.1) is 30.8 Å². The van der Waals surface area contributed by atoms with Crippen molar-refractivity contribution in [3.8, 4) is 11.5 Å². The van der Waals surface area contributed by atoms with Gasteiger partial charge in [0, 0.05) is 13.6 Å². The monoisotopic (exact) mass is 289 g/mol. The zero-order valence-electron chi connectivity index (χ0n) is 13.4. The SMILES string of the molecule is CCOc1cc(CNc2c(C)nn(C)c2C)ccc1OC. The van der Waals surface area contributed by atoms with Crippen LogP contribution in [0.4, 0.5) is 5.69 Å². The van der Waals surface area contributed by atoms with E-state index in [1.807, 2.05) is 43.8 Å². The van der Waals surface area contributed by atoms with Gasteiger partial charge < -0.3 is 14.8 Å². The fraction of sp³-hybridized carbons (Fsp3) is 0.438. The quantitative estimate of drug-likeness (QED) is 0.888. The first-order chi connectivity index (χ1) is 10.1. The van der Waals surface area contributed by atoms with Crippen LogP contribution in [0.3, 0.4) is 0 Å². The van der Waals surface area contributed by atoms with Crippen molar-refractivity contribution in [2.45, 2.75) is 27.3 Å². The van der Waals surface area contributed by atoms with Gasteiger partial charge in [-0.1, -0.05) is 6.07 Å². The Morgan fingerprint density at radius 3 is 2.57 bits per heavy atom. The summed E-state index contributed by atoms with van der Waals surface area (Å²) in [6.07, 6.45) is 0. The Bertz CT molecular complexity index is 620. The van der Waals surface area contributed by atoms with Crippen molar-refractivity contribution >= 4 is 5.69 Å². The molecule has 0 spiro atoms. The molecule has 0 aliphatic heterocycles. The molecule has 1 aromatic heterocycles. The van der Waals surface area contributed by atoms with E-state index in [0.29, 0.717) is 6.61 Å². The van der Waals surface area contributed by atoms with Gasteiger partial charge >= 0.3 is 0 Å². The van der Waals surface area contributed by atoms with E-state index >= 15 is 0 Å². The predicted molar refractivity (Wildman–Crippen MR) is 84.2 cm³/mol. The molecule has 21 heavy (non-hydrogen) atoms. The van der Waals surface area contributed by atoms with Gasteiger partial charge in [0.1, 0.15) is 0 Å². The molecule has 0 bridgehead atoms. The van der Waals surface area contributed by atoms with Crippen LogP contribution in [0.5, 0.6) is 11.5 Å². The molecule has 0 fully saturated rings. The number of anilines is 1. The Hall–Kier alpha value is -2.17. The van der Waals surface area contributed by atoms with Gasteiger partial charge in [0.25, 0.3) is 0 Å². The molecule has 2 aromatic rings. The molecule has 2 rings (SSSR count). The average Bonchev–Trinajstić information content (AvgIpc) is 2.71. The average molecular weight is 289 g/mol. The van der Waals surface area contributed by atoms with Crippen molar-refractivity contribution in [1.82, 2.24) is 9.78 Å². The highest BCUT2D eigenvalue weighted by molar-refractivity contribution is 5.53. The lowest BCUT2D eigenvalue weighted by molar-refractivity contribution is 0.310. The van der Waals surface area contributed by atoms with Gasteiger partial charge in [-0.15, -0.1) is 0 Å². The molecular weight excluding hydrogens is 266 g/mol. The summed E-state index contributed by atoms with van der Waals surface area (Å²) in [4.78, 5) is 0. The summed E-state index contributed by atoms with van der Waals surface area (Å²) in [5.41, 5.74) is 4.37. The van der Waals surface area contributed by atoms with E-state index < -0.39 is 0 Å². The van der Waals surface area contributed by atoms with Crippen molar-refractivity contribution in [1.29, 1.82) is 0 Å². The van der Waals surface area contributed by atoms with Gasteiger partial charge in [-0.3, -0.25) is 4.68 Å². The molecule has 5 nitrogen and oxygen atoms in total. The van der Waals surface area contributed by atoms with Gasteiger partial charge in [0.2, 0.25) is 0 Å². The minimum Gasteiger partial charge on any atom is -0.493 e. The van der Waals surface area contributed by atoms with Crippen LogP contribution < -0.4 is 14.8 Å². The Balaban J connectivity index is 2.14. The van der Waals surface area contributed by atoms with Crippen LogP contribution in [-0.4, -0.2) is 23.5 Å². The Kier molecular flexibility index (Phi) is 4.73. The van der Waals surface area contributed by atoms with Crippen molar-refractivity contribution < 1.29 is 9.47 Å². The van der Waals surface area contributed by atoms with E-state index in [4.69, 9.17) is 9.47 Å². The lowest BCUT2D eigenvalue weighted by Gasteiger charge is -2.12.